The maximum atomic E-state index is 12.9. The molecule has 25 heavy (non-hydrogen) atoms. The van der Waals surface area contributed by atoms with Crippen LogP contribution in [0.15, 0.2) is 30.7 Å². The van der Waals surface area contributed by atoms with Crippen molar-refractivity contribution in [3.8, 4) is 11.3 Å². The van der Waals surface area contributed by atoms with E-state index in [-0.39, 0.29) is 5.95 Å². The lowest BCUT2D eigenvalue weighted by Crippen LogP contribution is -2.23. The minimum Gasteiger partial charge on any atom is -0.348 e. The normalized spacial score (nSPS) is 12.2. The zero-order valence-electron chi connectivity index (χ0n) is 13.6. The van der Waals surface area contributed by atoms with E-state index in [1.54, 1.807) is 16.9 Å². The summed E-state index contributed by atoms with van der Waals surface area (Å²) in [4.78, 5) is 15.7. The maximum Gasteiger partial charge on any atom is 0.262 e. The van der Waals surface area contributed by atoms with Gasteiger partial charge >= 0.3 is 0 Å². The number of fused-ring (bicyclic) bond motifs is 2. The minimum absolute atomic E-state index is 0.149. The third-order valence-electron chi connectivity index (χ3n) is 3.71. The Hall–Kier alpha value is -3.10. The van der Waals surface area contributed by atoms with E-state index in [1.165, 1.54) is 0 Å². The molecule has 4 aromatic heterocycles. The van der Waals surface area contributed by atoms with E-state index in [4.69, 9.17) is 0 Å². The second-order valence-electron chi connectivity index (χ2n) is 5.99. The van der Waals surface area contributed by atoms with Gasteiger partial charge < -0.3 is 10.3 Å². The fourth-order valence-corrected chi connectivity index (χ4v) is 2.58. The van der Waals surface area contributed by atoms with E-state index >= 15 is 0 Å². The van der Waals surface area contributed by atoms with Gasteiger partial charge in [0.15, 0.2) is 5.65 Å². The molecule has 0 aliphatic heterocycles. The number of aromatic nitrogens is 6. The van der Waals surface area contributed by atoms with Gasteiger partial charge in [0.1, 0.15) is 5.65 Å². The van der Waals surface area contributed by atoms with E-state index in [0.29, 0.717) is 5.65 Å². The van der Waals surface area contributed by atoms with Crippen molar-refractivity contribution < 1.29 is 8.78 Å². The lowest BCUT2D eigenvalue weighted by Gasteiger charge is -2.10. The standard InChI is InChI=1S/C16H15F2N7/c1-9-7-25-13(22-9)4-3-12(24-25)10-5-19-14-11(10)6-20-15(23-14)21-8-16(2,17)18/h3-7H,8H2,1-2H3,(H2,19,20,21,23). The predicted octanol–water partition coefficient (Wildman–Crippen LogP) is 3.04. The first kappa shape index (κ1) is 15.4. The Balaban J connectivity index is 1.70. The summed E-state index contributed by atoms with van der Waals surface area (Å²) in [6, 6.07) is 3.75. The summed E-state index contributed by atoms with van der Waals surface area (Å²) in [6.45, 7) is 2.22. The number of rotatable bonds is 4. The number of nitrogens with one attached hydrogen (secondary N) is 2. The molecule has 7 nitrogen and oxygen atoms in total. The summed E-state index contributed by atoms with van der Waals surface area (Å²) >= 11 is 0. The second kappa shape index (κ2) is 5.47. The van der Waals surface area contributed by atoms with Crippen molar-refractivity contribution in [2.24, 2.45) is 0 Å². The number of imidazole rings is 1. The molecule has 0 unspecified atom stereocenters. The Morgan fingerprint density at radius 2 is 2.12 bits per heavy atom. The van der Waals surface area contributed by atoms with Gasteiger partial charge in [-0.15, -0.1) is 0 Å². The van der Waals surface area contributed by atoms with Gasteiger partial charge in [0, 0.05) is 30.3 Å². The molecule has 4 rings (SSSR count). The number of aromatic amines is 1. The van der Waals surface area contributed by atoms with Crippen molar-refractivity contribution in [2.75, 3.05) is 11.9 Å². The number of anilines is 1. The van der Waals surface area contributed by atoms with Crippen LogP contribution >= 0.6 is 0 Å². The highest BCUT2D eigenvalue weighted by molar-refractivity contribution is 5.92. The molecule has 2 N–H and O–H groups in total. The average Bonchev–Trinajstić information content (AvgIpc) is 3.13. The number of alkyl halides is 2. The molecule has 0 atom stereocenters. The first-order valence-electron chi connectivity index (χ1n) is 7.68. The van der Waals surface area contributed by atoms with Gasteiger partial charge in [0.2, 0.25) is 5.95 Å². The quantitative estimate of drug-likeness (QED) is 0.595. The molecule has 0 amide bonds. The van der Waals surface area contributed by atoms with Crippen LogP contribution in [-0.4, -0.2) is 42.0 Å². The van der Waals surface area contributed by atoms with E-state index in [1.807, 2.05) is 25.3 Å². The van der Waals surface area contributed by atoms with Crippen molar-refractivity contribution in [1.29, 1.82) is 0 Å². The highest BCUT2D eigenvalue weighted by Gasteiger charge is 2.21. The van der Waals surface area contributed by atoms with Gasteiger partial charge in [-0.2, -0.15) is 10.1 Å². The fraction of sp³-hybridized carbons (Fsp3) is 0.250. The van der Waals surface area contributed by atoms with Gasteiger partial charge in [-0.1, -0.05) is 0 Å². The highest BCUT2D eigenvalue weighted by atomic mass is 19.3. The Kier molecular flexibility index (Phi) is 3.38. The summed E-state index contributed by atoms with van der Waals surface area (Å²) in [5.74, 6) is -2.68. The lowest BCUT2D eigenvalue weighted by molar-refractivity contribution is 0.0366. The summed E-state index contributed by atoms with van der Waals surface area (Å²) < 4.78 is 27.6. The van der Waals surface area contributed by atoms with Crippen LogP contribution in [0.1, 0.15) is 12.6 Å². The maximum absolute atomic E-state index is 12.9. The fourth-order valence-electron chi connectivity index (χ4n) is 2.58. The van der Waals surface area contributed by atoms with Crippen molar-refractivity contribution in [2.45, 2.75) is 19.8 Å². The van der Waals surface area contributed by atoms with Crippen molar-refractivity contribution in [3.05, 3.63) is 36.4 Å². The minimum atomic E-state index is -2.83. The van der Waals surface area contributed by atoms with Gasteiger partial charge in [0.25, 0.3) is 5.92 Å². The van der Waals surface area contributed by atoms with Crippen molar-refractivity contribution in [3.63, 3.8) is 0 Å². The molecular formula is C16H15F2N7. The Morgan fingerprint density at radius 3 is 2.92 bits per heavy atom. The van der Waals surface area contributed by atoms with Crippen LogP contribution in [0, 0.1) is 6.92 Å². The molecule has 0 spiro atoms. The third kappa shape index (κ3) is 3.00. The largest absolute Gasteiger partial charge is 0.348 e. The third-order valence-corrected chi connectivity index (χ3v) is 3.71. The molecule has 0 bridgehead atoms. The van der Waals surface area contributed by atoms with Gasteiger partial charge in [-0.3, -0.25) is 0 Å². The molecule has 0 radical (unpaired) electrons. The van der Waals surface area contributed by atoms with E-state index in [2.05, 4.69) is 30.4 Å². The number of hydrogen-bond donors (Lipinski definition) is 2. The SMILES string of the molecule is Cc1cn2nc(-c3c[nH]c4nc(NCC(C)(F)F)ncc34)ccc2n1. The molecule has 128 valence electrons. The number of H-pyrrole nitrogens is 1. The van der Waals surface area contributed by atoms with Crippen LogP contribution < -0.4 is 5.32 Å². The zero-order chi connectivity index (χ0) is 17.6. The Labute approximate surface area is 141 Å². The predicted molar refractivity (Wildman–Crippen MR) is 89.7 cm³/mol. The molecular weight excluding hydrogens is 328 g/mol. The van der Waals surface area contributed by atoms with Crippen LogP contribution in [-0.2, 0) is 0 Å². The number of halogens is 2. The summed E-state index contributed by atoms with van der Waals surface area (Å²) in [5, 5.41) is 7.84. The molecule has 0 fully saturated rings. The molecule has 4 aromatic rings. The Morgan fingerprint density at radius 1 is 1.28 bits per heavy atom. The second-order valence-corrected chi connectivity index (χ2v) is 5.99. The number of aryl methyl sites for hydroxylation is 1. The number of nitrogens with zero attached hydrogens (tertiary/aromatic N) is 5. The zero-order valence-corrected chi connectivity index (χ0v) is 13.6. The molecule has 4 heterocycles. The van der Waals surface area contributed by atoms with Gasteiger partial charge in [-0.25, -0.2) is 23.3 Å². The van der Waals surface area contributed by atoms with Crippen molar-refractivity contribution >= 4 is 22.6 Å². The van der Waals surface area contributed by atoms with E-state index < -0.39 is 12.5 Å². The van der Waals surface area contributed by atoms with Gasteiger partial charge in [0.05, 0.1) is 24.1 Å². The molecule has 0 saturated heterocycles. The lowest BCUT2D eigenvalue weighted by atomic mass is 10.2. The molecule has 0 saturated carbocycles. The number of hydrogen-bond acceptors (Lipinski definition) is 5. The first-order chi connectivity index (χ1) is 11.9. The van der Waals surface area contributed by atoms with E-state index in [9.17, 15) is 8.78 Å². The molecule has 9 heteroatoms. The summed E-state index contributed by atoms with van der Waals surface area (Å²) in [5.41, 5.74) is 3.77. The molecule has 0 aromatic carbocycles. The van der Waals surface area contributed by atoms with E-state index in [0.717, 1.165) is 34.9 Å². The topological polar surface area (TPSA) is 83.8 Å². The molecule has 0 aliphatic rings. The van der Waals surface area contributed by atoms with Crippen molar-refractivity contribution in [1.82, 2.24) is 29.5 Å². The Bertz CT molecular complexity index is 1060. The highest BCUT2D eigenvalue weighted by Crippen LogP contribution is 2.26. The average molecular weight is 343 g/mol. The summed E-state index contributed by atoms with van der Waals surface area (Å²) in [6.07, 6.45) is 5.21. The summed E-state index contributed by atoms with van der Waals surface area (Å²) in [7, 11) is 0. The van der Waals surface area contributed by atoms with Crippen LogP contribution in [0.3, 0.4) is 0 Å². The van der Waals surface area contributed by atoms with Crippen LogP contribution in [0.4, 0.5) is 14.7 Å². The monoisotopic (exact) mass is 343 g/mol. The van der Waals surface area contributed by atoms with Crippen LogP contribution in [0.25, 0.3) is 27.9 Å². The first-order valence-corrected chi connectivity index (χ1v) is 7.68. The smallest absolute Gasteiger partial charge is 0.262 e. The van der Waals surface area contributed by atoms with Crippen LogP contribution in [0.2, 0.25) is 0 Å². The van der Waals surface area contributed by atoms with Crippen LogP contribution in [0.5, 0.6) is 0 Å². The molecule has 0 aliphatic carbocycles. The van der Waals surface area contributed by atoms with Gasteiger partial charge in [-0.05, 0) is 19.1 Å².